The zero-order valence-electron chi connectivity index (χ0n) is 27.5. The minimum absolute atomic E-state index is 0.0980. The van der Waals surface area contributed by atoms with Gasteiger partial charge in [0.1, 0.15) is 24.7 Å². The monoisotopic (exact) mass is 628 g/mol. The van der Waals surface area contributed by atoms with Gasteiger partial charge in [-0.15, -0.1) is 6.58 Å². The summed E-state index contributed by atoms with van der Waals surface area (Å²) in [6.45, 7) is 10.6. The molecule has 1 heterocycles. The molecule has 0 aromatic heterocycles. The van der Waals surface area contributed by atoms with E-state index in [1.807, 2.05) is 20.8 Å². The Kier molecular flexibility index (Phi) is 11.6. The molecule has 3 aliphatic rings. The van der Waals surface area contributed by atoms with Crippen molar-refractivity contribution in [3.05, 3.63) is 48.1 Å². The molecular weight excluding hydrogens is 576 g/mol. The molecule has 0 unspecified atom stereocenters. The van der Waals surface area contributed by atoms with Crippen molar-refractivity contribution >= 4 is 11.8 Å². The Morgan fingerprint density at radius 1 is 1.18 bits per heavy atom. The van der Waals surface area contributed by atoms with E-state index >= 15 is 0 Å². The van der Waals surface area contributed by atoms with Crippen LogP contribution in [0.5, 0.6) is 11.5 Å². The molecule has 6 atom stereocenters. The second-order valence-electron chi connectivity index (χ2n) is 13.7. The van der Waals surface area contributed by atoms with Crippen LogP contribution in [0.4, 0.5) is 4.79 Å². The van der Waals surface area contributed by atoms with Gasteiger partial charge in [0.2, 0.25) is 5.79 Å². The largest absolute Gasteiger partial charge is 0.508 e. The first-order valence-corrected chi connectivity index (χ1v) is 16.2. The van der Waals surface area contributed by atoms with Gasteiger partial charge in [0.25, 0.3) is 0 Å². The molecule has 0 bridgehead atoms. The van der Waals surface area contributed by atoms with E-state index in [0.717, 1.165) is 36.8 Å². The zero-order chi connectivity index (χ0) is 32.8. The van der Waals surface area contributed by atoms with E-state index in [1.54, 1.807) is 36.2 Å². The number of aromatic hydroxyl groups is 1. The van der Waals surface area contributed by atoms with Gasteiger partial charge in [0.05, 0.1) is 24.8 Å². The normalized spacial score (nSPS) is 27.9. The van der Waals surface area contributed by atoms with E-state index < -0.39 is 23.8 Å². The average molecular weight is 629 g/mol. The molecule has 3 N–H and O–H groups in total. The molecule has 250 valence electrons. The maximum atomic E-state index is 13.6. The SMILES string of the molecule is C=CCO[C@@]12Oc3ccc(O)cc3[C@H]3[C@H](CCCCO)[C@@H](CCCCO)C=C(C(=NOC)C[C@@H]1N(C)C(=O)OCC(C)(C)C)[C@H]32. The summed E-state index contributed by atoms with van der Waals surface area (Å²) in [4.78, 5) is 20.6. The Labute approximate surface area is 267 Å². The molecule has 1 aromatic rings. The zero-order valence-corrected chi connectivity index (χ0v) is 27.5. The van der Waals surface area contributed by atoms with Crippen molar-refractivity contribution < 1.29 is 39.2 Å². The predicted octanol–water partition coefficient (Wildman–Crippen LogP) is 5.77. The van der Waals surface area contributed by atoms with Crippen LogP contribution in [-0.2, 0) is 14.3 Å². The number of unbranched alkanes of at least 4 members (excludes halogenated alkanes) is 2. The predicted molar refractivity (Wildman–Crippen MR) is 172 cm³/mol. The average Bonchev–Trinajstić information content (AvgIpc) is 3.00. The van der Waals surface area contributed by atoms with Crippen molar-refractivity contribution in [2.24, 2.45) is 28.3 Å². The number of carbonyl (C=O) groups is 1. The minimum atomic E-state index is -1.33. The van der Waals surface area contributed by atoms with Gasteiger partial charge < -0.3 is 39.3 Å². The maximum Gasteiger partial charge on any atom is 0.410 e. The molecule has 10 heteroatoms. The minimum Gasteiger partial charge on any atom is -0.508 e. The highest BCUT2D eigenvalue weighted by molar-refractivity contribution is 6.02. The van der Waals surface area contributed by atoms with E-state index in [2.05, 4.69) is 17.8 Å². The number of likely N-dealkylation sites (N-methyl/N-ethyl adjacent to an activating group) is 1. The number of benzene rings is 1. The number of phenols is 1. The van der Waals surface area contributed by atoms with E-state index in [-0.39, 0.29) is 55.3 Å². The standard InChI is InChI=1S/C35H52N2O8/c1-7-18-44-35-30(37(5)33(41)43-22-34(2,3)4)21-28(36-42-6)26-19-23(12-8-10-16-38)25(13-9-11-17-39)31(32(26)35)27-20-24(40)14-15-29(27)45-35/h7,14-15,19-20,23,25,30-32,38-40H,1,8-13,16-18,21-22H2,2-6H3/t23-,25+,30-,31+,32+,35+/m0/s1. The summed E-state index contributed by atoms with van der Waals surface area (Å²) in [6.07, 6.45) is 8.49. The van der Waals surface area contributed by atoms with Gasteiger partial charge in [0, 0.05) is 38.2 Å². The van der Waals surface area contributed by atoms with Gasteiger partial charge in [-0.1, -0.05) is 50.9 Å². The summed E-state index contributed by atoms with van der Waals surface area (Å²) in [7, 11) is 3.22. The molecule has 0 saturated heterocycles. The van der Waals surface area contributed by atoms with Crippen LogP contribution in [0.3, 0.4) is 0 Å². The molecule has 1 fully saturated rings. The molecule has 1 aliphatic heterocycles. The third-order valence-corrected chi connectivity index (χ3v) is 9.24. The van der Waals surface area contributed by atoms with Gasteiger partial charge >= 0.3 is 6.09 Å². The number of amides is 1. The van der Waals surface area contributed by atoms with Crippen molar-refractivity contribution in [1.29, 1.82) is 0 Å². The summed E-state index contributed by atoms with van der Waals surface area (Å²) in [5, 5.41) is 34.5. The Balaban J connectivity index is 1.94. The summed E-state index contributed by atoms with van der Waals surface area (Å²) in [5.41, 5.74) is 2.31. The van der Waals surface area contributed by atoms with Crippen LogP contribution < -0.4 is 4.74 Å². The Bertz CT molecular complexity index is 1240. The van der Waals surface area contributed by atoms with Crippen molar-refractivity contribution in [3.8, 4) is 11.5 Å². The topological polar surface area (TPSA) is 130 Å². The smallest absolute Gasteiger partial charge is 0.410 e. The number of ether oxygens (including phenoxy) is 3. The number of hydrogen-bond donors (Lipinski definition) is 3. The highest BCUT2D eigenvalue weighted by Crippen LogP contribution is 2.61. The summed E-state index contributed by atoms with van der Waals surface area (Å²) < 4.78 is 19.5. The summed E-state index contributed by atoms with van der Waals surface area (Å²) in [6, 6.07) is 4.52. The number of oxime groups is 1. The quantitative estimate of drug-likeness (QED) is 0.135. The van der Waals surface area contributed by atoms with Crippen LogP contribution in [0.15, 0.2) is 47.7 Å². The number of carbonyl (C=O) groups excluding carboxylic acids is 1. The number of aliphatic hydroxyl groups excluding tert-OH is 2. The fourth-order valence-corrected chi connectivity index (χ4v) is 7.35. The van der Waals surface area contributed by atoms with E-state index in [1.165, 1.54) is 7.11 Å². The molecule has 2 aliphatic carbocycles. The highest BCUT2D eigenvalue weighted by Gasteiger charge is 2.65. The lowest BCUT2D eigenvalue weighted by molar-refractivity contribution is -0.253. The Morgan fingerprint density at radius 3 is 2.53 bits per heavy atom. The van der Waals surface area contributed by atoms with Crippen LogP contribution in [0.1, 0.15) is 77.2 Å². The number of phenolic OH excluding ortho intramolecular Hbond substituents is 1. The molecule has 10 nitrogen and oxygen atoms in total. The van der Waals surface area contributed by atoms with E-state index in [0.29, 0.717) is 30.7 Å². The third kappa shape index (κ3) is 7.50. The van der Waals surface area contributed by atoms with E-state index in [9.17, 15) is 20.1 Å². The van der Waals surface area contributed by atoms with Gasteiger partial charge in [-0.25, -0.2) is 4.79 Å². The number of rotatable bonds is 14. The van der Waals surface area contributed by atoms with Crippen LogP contribution in [-0.4, -0.2) is 84.4 Å². The first-order chi connectivity index (χ1) is 21.5. The van der Waals surface area contributed by atoms with Gasteiger partial charge in [0.15, 0.2) is 0 Å². The fraction of sp³-hybridized carbons (Fsp3) is 0.657. The van der Waals surface area contributed by atoms with Crippen LogP contribution in [0.25, 0.3) is 0 Å². The molecule has 45 heavy (non-hydrogen) atoms. The van der Waals surface area contributed by atoms with Gasteiger partial charge in [-0.3, -0.25) is 0 Å². The molecule has 1 saturated carbocycles. The van der Waals surface area contributed by atoms with Crippen LogP contribution in [0, 0.1) is 23.2 Å². The van der Waals surface area contributed by atoms with E-state index in [4.69, 9.17) is 19.0 Å². The van der Waals surface area contributed by atoms with Crippen molar-refractivity contribution in [2.45, 2.75) is 83.5 Å². The van der Waals surface area contributed by atoms with Crippen molar-refractivity contribution in [2.75, 3.05) is 40.6 Å². The first-order valence-electron chi connectivity index (χ1n) is 16.2. The lowest BCUT2D eigenvalue weighted by Gasteiger charge is -2.59. The number of hydrogen-bond acceptors (Lipinski definition) is 9. The van der Waals surface area contributed by atoms with Crippen molar-refractivity contribution in [1.82, 2.24) is 4.90 Å². The number of fused-ring (bicyclic) bond motifs is 2. The Morgan fingerprint density at radius 2 is 1.89 bits per heavy atom. The lowest BCUT2D eigenvalue weighted by atomic mass is 9.55. The summed E-state index contributed by atoms with van der Waals surface area (Å²) >= 11 is 0. The Hall–Kier alpha value is -3.08. The molecule has 0 spiro atoms. The first kappa shape index (κ1) is 34.8. The number of nitrogens with zero attached hydrogens (tertiary/aromatic N) is 2. The highest BCUT2D eigenvalue weighted by atomic mass is 16.7. The lowest BCUT2D eigenvalue weighted by Crippen LogP contribution is -2.69. The van der Waals surface area contributed by atoms with Crippen molar-refractivity contribution in [3.63, 3.8) is 0 Å². The van der Waals surface area contributed by atoms with Crippen LogP contribution >= 0.6 is 0 Å². The van der Waals surface area contributed by atoms with Gasteiger partial charge in [-0.2, -0.15) is 0 Å². The van der Waals surface area contributed by atoms with Gasteiger partial charge in [-0.05, 0) is 66.7 Å². The molecule has 4 rings (SSSR count). The maximum absolute atomic E-state index is 13.6. The molecule has 0 radical (unpaired) electrons. The fourth-order valence-electron chi connectivity index (χ4n) is 7.35. The number of aliphatic hydroxyl groups is 2. The molecule has 1 amide bonds. The second-order valence-corrected chi connectivity index (χ2v) is 13.7. The van der Waals surface area contributed by atoms with Crippen LogP contribution in [0.2, 0.25) is 0 Å². The number of allylic oxidation sites excluding steroid dienone is 1. The summed E-state index contributed by atoms with van der Waals surface area (Å²) in [5.74, 6) is -0.958. The third-order valence-electron chi connectivity index (χ3n) is 9.24. The molecular formula is C35H52N2O8. The molecule has 1 aromatic carbocycles. The second kappa shape index (κ2) is 15.0.